The van der Waals surface area contributed by atoms with Crippen LogP contribution >= 0.6 is 7.82 Å². The maximum absolute atomic E-state index is 8.88. The van der Waals surface area contributed by atoms with Crippen molar-refractivity contribution in [3.8, 4) is 0 Å². The molecule has 0 radical (unpaired) electrons. The van der Waals surface area contributed by atoms with Gasteiger partial charge in [0.15, 0.2) is 0 Å². The summed E-state index contributed by atoms with van der Waals surface area (Å²) in [4.78, 5) is 21.6. The predicted octanol–water partition coefficient (Wildman–Crippen LogP) is -1.25. The van der Waals surface area contributed by atoms with Gasteiger partial charge in [-0.3, -0.25) is 0 Å². The molecular formula is H10LiN2O4P. The first-order valence-electron chi connectivity index (χ1n) is 0.783. The molecule has 0 fully saturated rings. The van der Waals surface area contributed by atoms with Crippen LogP contribution in [0, 0.1) is 0 Å². The van der Waals surface area contributed by atoms with Crippen molar-refractivity contribution in [3.05, 3.63) is 0 Å². The third-order valence-corrected chi connectivity index (χ3v) is 0. The summed E-state index contributed by atoms with van der Waals surface area (Å²) in [5.74, 6) is 0. The zero-order chi connectivity index (χ0) is 4.50. The predicted molar refractivity (Wildman–Crippen MR) is 31.5 cm³/mol. The molecule has 8 heteroatoms. The molecule has 0 aliphatic heterocycles. The van der Waals surface area contributed by atoms with Gasteiger partial charge in [0.1, 0.15) is 0 Å². The van der Waals surface area contributed by atoms with Gasteiger partial charge in [-0.05, 0) is 0 Å². The van der Waals surface area contributed by atoms with E-state index >= 15 is 0 Å². The average molecular weight is 140 g/mol. The number of hydrogen-bond acceptors (Lipinski definition) is 3. The van der Waals surface area contributed by atoms with E-state index in [1.165, 1.54) is 0 Å². The van der Waals surface area contributed by atoms with Gasteiger partial charge < -0.3 is 27.0 Å². The Labute approximate surface area is 58.9 Å². The Kier molecular flexibility index (Phi) is 22.3. The molecule has 0 saturated carbocycles. The van der Waals surface area contributed by atoms with Gasteiger partial charge in [-0.25, -0.2) is 4.57 Å². The van der Waals surface area contributed by atoms with E-state index in [2.05, 4.69) is 0 Å². The first kappa shape index (κ1) is 23.4. The number of phosphoric acid groups is 1. The molecule has 6 nitrogen and oxygen atoms in total. The van der Waals surface area contributed by atoms with Gasteiger partial charge in [-0.2, -0.15) is 0 Å². The van der Waals surface area contributed by atoms with Crippen molar-refractivity contribution < 1.29 is 19.2 Å². The van der Waals surface area contributed by atoms with Crippen molar-refractivity contribution >= 4 is 26.7 Å². The normalized spacial score (nSPS) is 7.38. The molecule has 0 aromatic rings. The summed E-state index contributed by atoms with van der Waals surface area (Å²) in [5, 5.41) is 0. The molecule has 0 aromatic carbocycles. The molecule has 0 unspecified atom stereocenters. The molecule has 0 heterocycles. The fraction of sp³-hybridized carbons (Fsp3) is 0. The van der Waals surface area contributed by atoms with Crippen LogP contribution in [0.2, 0.25) is 0 Å². The summed E-state index contributed by atoms with van der Waals surface area (Å²) in [7, 11) is -4.64. The fourth-order valence-corrected chi connectivity index (χ4v) is 0. The average Bonchev–Trinajstić information content (AvgIpc) is 0.722. The van der Waals surface area contributed by atoms with E-state index in [-0.39, 0.29) is 31.2 Å². The molecule has 0 aliphatic carbocycles. The standard InChI is InChI=1S/Li.2H3N.H3O4P.H/c;;;1-5(2,3)4;/h;2*1H3;(H3,1,2,3,4);. The molecule has 8 heavy (non-hydrogen) atoms. The van der Waals surface area contributed by atoms with Crippen LogP contribution < -0.4 is 12.3 Å². The molecule has 9 N–H and O–H groups in total. The summed E-state index contributed by atoms with van der Waals surface area (Å²) < 4.78 is 8.88. The Morgan fingerprint density at radius 2 is 1.00 bits per heavy atom. The van der Waals surface area contributed by atoms with Crippen LogP contribution in [0.4, 0.5) is 0 Å². The molecule has 0 rings (SSSR count). The third kappa shape index (κ3) is 533. The van der Waals surface area contributed by atoms with E-state index in [0.29, 0.717) is 0 Å². The van der Waals surface area contributed by atoms with Gasteiger partial charge in [0.05, 0.1) is 0 Å². The Bertz CT molecular complexity index is 60.2. The first-order chi connectivity index (χ1) is 2.00. The van der Waals surface area contributed by atoms with Gasteiger partial charge in [0.2, 0.25) is 0 Å². The second-order valence-electron chi connectivity index (χ2n) is 0.513. The molecule has 0 saturated heterocycles. The van der Waals surface area contributed by atoms with Crippen molar-refractivity contribution in [1.29, 1.82) is 0 Å². The second-order valence-corrected chi connectivity index (χ2v) is 1.54. The van der Waals surface area contributed by atoms with Crippen LogP contribution in [0.15, 0.2) is 0 Å². The monoisotopic (exact) mass is 140 g/mol. The molecule has 0 bridgehead atoms. The van der Waals surface area contributed by atoms with Crippen molar-refractivity contribution in [3.63, 3.8) is 0 Å². The summed E-state index contributed by atoms with van der Waals surface area (Å²) in [6, 6.07) is 0. The summed E-state index contributed by atoms with van der Waals surface area (Å²) in [5.41, 5.74) is 0. The Balaban J connectivity index is -0.0000000267. The molecular weight excluding hydrogens is 130 g/mol. The Morgan fingerprint density at radius 1 is 1.00 bits per heavy atom. The van der Waals surface area contributed by atoms with Gasteiger partial charge in [-0.15, -0.1) is 0 Å². The fourth-order valence-electron chi connectivity index (χ4n) is 0. The molecule has 0 aromatic heterocycles. The van der Waals surface area contributed by atoms with Crippen molar-refractivity contribution in [2.24, 2.45) is 0 Å². The van der Waals surface area contributed by atoms with Crippen LogP contribution in [-0.4, -0.2) is 33.5 Å². The Hall–Kier alpha value is 0.627. The number of rotatable bonds is 0. The summed E-state index contributed by atoms with van der Waals surface area (Å²) in [6.07, 6.45) is 0. The first-order valence-corrected chi connectivity index (χ1v) is 2.35. The van der Waals surface area contributed by atoms with E-state index in [9.17, 15) is 0 Å². The maximum atomic E-state index is 8.88. The molecule has 0 atom stereocenters. The van der Waals surface area contributed by atoms with Crippen molar-refractivity contribution in [1.82, 2.24) is 12.3 Å². The quantitative estimate of drug-likeness (QED) is 0.209. The SMILES string of the molecule is N.N.O=P(O)(O)O.[LiH]. The Morgan fingerprint density at radius 3 is 1.00 bits per heavy atom. The van der Waals surface area contributed by atoms with Crippen LogP contribution in [0.25, 0.3) is 0 Å². The molecule has 0 aliphatic rings. The van der Waals surface area contributed by atoms with Gasteiger partial charge in [-0.1, -0.05) is 0 Å². The van der Waals surface area contributed by atoms with E-state index in [0.717, 1.165) is 0 Å². The molecule has 50 valence electrons. The minimum atomic E-state index is -4.64. The van der Waals surface area contributed by atoms with Crippen LogP contribution in [-0.2, 0) is 4.57 Å². The zero-order valence-electron chi connectivity index (χ0n) is 3.61. The topological polar surface area (TPSA) is 148 Å². The van der Waals surface area contributed by atoms with Crippen LogP contribution in [0.3, 0.4) is 0 Å². The summed E-state index contributed by atoms with van der Waals surface area (Å²) in [6.45, 7) is 0. The second kappa shape index (κ2) is 7.63. The number of hydrogen-bond donors (Lipinski definition) is 5. The van der Waals surface area contributed by atoms with Crippen molar-refractivity contribution in [2.75, 3.05) is 0 Å². The minimum absolute atomic E-state index is 0. The van der Waals surface area contributed by atoms with Crippen LogP contribution in [0.1, 0.15) is 0 Å². The molecule has 0 spiro atoms. The van der Waals surface area contributed by atoms with E-state index in [1.54, 1.807) is 0 Å². The van der Waals surface area contributed by atoms with E-state index < -0.39 is 7.82 Å². The van der Waals surface area contributed by atoms with Crippen molar-refractivity contribution in [2.45, 2.75) is 0 Å². The van der Waals surface area contributed by atoms with E-state index in [1.807, 2.05) is 0 Å². The third-order valence-electron chi connectivity index (χ3n) is 0. The van der Waals surface area contributed by atoms with Gasteiger partial charge >= 0.3 is 26.7 Å². The van der Waals surface area contributed by atoms with Crippen LogP contribution in [0.5, 0.6) is 0 Å². The van der Waals surface area contributed by atoms with E-state index in [4.69, 9.17) is 19.2 Å². The zero-order valence-corrected chi connectivity index (χ0v) is 4.51. The van der Waals surface area contributed by atoms with Gasteiger partial charge in [0, 0.05) is 0 Å². The molecule has 0 amide bonds. The summed E-state index contributed by atoms with van der Waals surface area (Å²) >= 11 is 0. The van der Waals surface area contributed by atoms with Gasteiger partial charge in [0.25, 0.3) is 0 Å².